The Morgan fingerprint density at radius 2 is 2.31 bits per heavy atom. The van der Waals surface area contributed by atoms with E-state index in [2.05, 4.69) is 26.1 Å². The third-order valence-electron chi connectivity index (χ3n) is 1.80. The number of benzene rings is 1. The van der Waals surface area contributed by atoms with Gasteiger partial charge in [-0.2, -0.15) is 5.10 Å². The molecule has 0 aliphatic rings. The second-order valence-corrected chi connectivity index (χ2v) is 3.74. The molecule has 0 fully saturated rings. The Morgan fingerprint density at radius 3 is 3.00 bits per heavy atom. The van der Waals surface area contributed by atoms with Crippen molar-refractivity contribution in [3.8, 4) is 5.75 Å². The molecule has 0 spiro atoms. The van der Waals surface area contributed by atoms with E-state index in [9.17, 15) is 0 Å². The van der Waals surface area contributed by atoms with Crippen LogP contribution in [0.15, 0.2) is 16.6 Å². The topological polar surface area (TPSA) is 37.9 Å². The molecule has 0 radical (unpaired) electrons. The summed E-state index contributed by atoms with van der Waals surface area (Å²) in [5, 5.41) is 8.10. The minimum atomic E-state index is 0.515. The maximum absolute atomic E-state index is 5.90. The molecule has 0 saturated heterocycles. The lowest BCUT2D eigenvalue weighted by Gasteiger charge is -2.00. The van der Waals surface area contributed by atoms with Crippen LogP contribution in [0, 0.1) is 0 Å². The third kappa shape index (κ3) is 1.30. The number of ether oxygens (including phenoxy) is 1. The molecule has 5 heteroatoms. The van der Waals surface area contributed by atoms with E-state index in [0.29, 0.717) is 10.9 Å². The molecule has 0 aliphatic carbocycles. The Morgan fingerprint density at radius 1 is 1.54 bits per heavy atom. The first-order valence-corrected chi connectivity index (χ1v) is 4.77. The zero-order chi connectivity index (χ0) is 9.42. The molecule has 0 bridgehead atoms. The average molecular weight is 262 g/mol. The first-order chi connectivity index (χ1) is 6.24. The van der Waals surface area contributed by atoms with E-state index in [1.807, 2.05) is 12.1 Å². The second kappa shape index (κ2) is 3.20. The minimum absolute atomic E-state index is 0.515. The highest BCUT2D eigenvalue weighted by Crippen LogP contribution is 2.34. The van der Waals surface area contributed by atoms with Crippen molar-refractivity contribution in [3.05, 3.63) is 21.8 Å². The highest BCUT2D eigenvalue weighted by molar-refractivity contribution is 9.10. The summed E-state index contributed by atoms with van der Waals surface area (Å²) in [6.45, 7) is 0. The van der Waals surface area contributed by atoms with Crippen molar-refractivity contribution < 1.29 is 4.74 Å². The van der Waals surface area contributed by atoms with Crippen LogP contribution in [0.4, 0.5) is 0 Å². The van der Waals surface area contributed by atoms with E-state index >= 15 is 0 Å². The fourth-order valence-electron chi connectivity index (χ4n) is 1.19. The number of aromatic nitrogens is 2. The number of hydrogen-bond donors (Lipinski definition) is 1. The molecule has 0 atom stereocenters. The molecule has 1 N–H and O–H groups in total. The Hall–Kier alpha value is -0.740. The van der Waals surface area contributed by atoms with Crippen molar-refractivity contribution in [3.63, 3.8) is 0 Å². The highest BCUT2D eigenvalue weighted by atomic mass is 79.9. The van der Waals surface area contributed by atoms with Gasteiger partial charge >= 0.3 is 0 Å². The normalized spacial score (nSPS) is 10.7. The van der Waals surface area contributed by atoms with Crippen molar-refractivity contribution >= 4 is 38.4 Å². The number of nitrogens with one attached hydrogen (secondary N) is 1. The highest BCUT2D eigenvalue weighted by Gasteiger charge is 2.11. The average Bonchev–Trinajstić information content (AvgIpc) is 2.50. The molecule has 13 heavy (non-hydrogen) atoms. The summed E-state index contributed by atoms with van der Waals surface area (Å²) in [5.74, 6) is 0.710. The largest absolute Gasteiger partial charge is 0.494 e. The van der Waals surface area contributed by atoms with Crippen LogP contribution < -0.4 is 4.74 Å². The van der Waals surface area contributed by atoms with Gasteiger partial charge in [0.1, 0.15) is 16.4 Å². The molecule has 0 unspecified atom stereocenters. The Balaban J connectivity index is 2.87. The van der Waals surface area contributed by atoms with E-state index in [-0.39, 0.29) is 0 Å². The van der Waals surface area contributed by atoms with Gasteiger partial charge in [-0.3, -0.25) is 5.10 Å². The van der Waals surface area contributed by atoms with E-state index in [1.165, 1.54) is 0 Å². The molecule has 0 saturated carbocycles. The van der Waals surface area contributed by atoms with Gasteiger partial charge in [0.2, 0.25) is 0 Å². The van der Waals surface area contributed by atoms with Crippen LogP contribution in [0.3, 0.4) is 0 Å². The third-order valence-corrected chi connectivity index (χ3v) is 2.73. The smallest absolute Gasteiger partial charge is 0.147 e. The van der Waals surface area contributed by atoms with Crippen molar-refractivity contribution in [1.82, 2.24) is 10.2 Å². The molecular weight excluding hydrogens is 255 g/mol. The quantitative estimate of drug-likeness (QED) is 0.857. The second-order valence-electron chi connectivity index (χ2n) is 2.51. The van der Waals surface area contributed by atoms with Gasteiger partial charge in [0.15, 0.2) is 0 Å². The van der Waals surface area contributed by atoms with E-state index in [4.69, 9.17) is 16.3 Å². The number of aromatic amines is 1. The summed E-state index contributed by atoms with van der Waals surface area (Å²) in [5.41, 5.74) is 0.738. The maximum atomic E-state index is 5.90. The van der Waals surface area contributed by atoms with Gasteiger partial charge in [-0.25, -0.2) is 0 Å². The Bertz CT molecular complexity index is 455. The molecule has 1 aromatic carbocycles. The van der Waals surface area contributed by atoms with Gasteiger partial charge in [-0.05, 0) is 28.1 Å². The summed E-state index contributed by atoms with van der Waals surface area (Å²) in [7, 11) is 1.60. The van der Waals surface area contributed by atoms with Gasteiger partial charge in [0.25, 0.3) is 0 Å². The lowest BCUT2D eigenvalue weighted by Crippen LogP contribution is -1.84. The number of halogens is 2. The minimum Gasteiger partial charge on any atom is -0.494 e. The summed E-state index contributed by atoms with van der Waals surface area (Å²) in [6, 6.07) is 3.71. The predicted molar refractivity (Wildman–Crippen MR) is 55.4 cm³/mol. The molecule has 1 aromatic heterocycles. The van der Waals surface area contributed by atoms with Gasteiger partial charge in [-0.1, -0.05) is 11.6 Å². The summed E-state index contributed by atoms with van der Waals surface area (Å²) < 4.78 is 6.04. The zero-order valence-corrected chi connectivity index (χ0v) is 9.11. The van der Waals surface area contributed by atoms with Crippen LogP contribution in [-0.4, -0.2) is 17.3 Å². The Labute approximate surface area is 88.2 Å². The van der Waals surface area contributed by atoms with Crippen LogP contribution in [-0.2, 0) is 0 Å². The summed E-state index contributed by atoms with van der Waals surface area (Å²) >= 11 is 9.29. The number of rotatable bonds is 1. The number of fused-ring (bicyclic) bond motifs is 1. The van der Waals surface area contributed by atoms with E-state index < -0.39 is 0 Å². The van der Waals surface area contributed by atoms with E-state index in [0.717, 1.165) is 15.4 Å². The number of methoxy groups -OCH3 is 1. The van der Waals surface area contributed by atoms with Crippen molar-refractivity contribution in [1.29, 1.82) is 0 Å². The van der Waals surface area contributed by atoms with Crippen LogP contribution in [0.1, 0.15) is 0 Å². The zero-order valence-electron chi connectivity index (χ0n) is 6.77. The molecule has 68 valence electrons. The van der Waals surface area contributed by atoms with Crippen LogP contribution in [0.5, 0.6) is 5.75 Å². The monoisotopic (exact) mass is 260 g/mol. The van der Waals surface area contributed by atoms with Gasteiger partial charge < -0.3 is 4.74 Å². The van der Waals surface area contributed by atoms with Crippen LogP contribution in [0.2, 0.25) is 5.15 Å². The fraction of sp³-hybridized carbons (Fsp3) is 0.125. The van der Waals surface area contributed by atoms with Crippen LogP contribution in [0.25, 0.3) is 10.9 Å². The molecule has 3 nitrogen and oxygen atoms in total. The number of H-pyrrole nitrogens is 1. The molecule has 2 aromatic rings. The first kappa shape index (κ1) is 8.84. The van der Waals surface area contributed by atoms with Crippen molar-refractivity contribution in [2.24, 2.45) is 0 Å². The summed E-state index contributed by atoms with van der Waals surface area (Å²) in [4.78, 5) is 0. The van der Waals surface area contributed by atoms with Gasteiger partial charge in [0, 0.05) is 4.47 Å². The standard InChI is InChI=1S/C8H6BrClN2O/c1-13-5-3-2-4(9)6-7(5)11-12-8(6)10/h2-3H,1H3,(H,11,12). The molecule has 1 heterocycles. The summed E-state index contributed by atoms with van der Waals surface area (Å²) in [6.07, 6.45) is 0. The SMILES string of the molecule is COc1ccc(Br)c2c(Cl)[nH]nc12. The lowest BCUT2D eigenvalue weighted by molar-refractivity contribution is 0.418. The first-order valence-electron chi connectivity index (χ1n) is 3.60. The molecular formula is C8H6BrClN2O. The molecule has 0 amide bonds. The number of hydrogen-bond acceptors (Lipinski definition) is 2. The molecule has 0 aliphatic heterocycles. The van der Waals surface area contributed by atoms with Gasteiger partial charge in [-0.15, -0.1) is 0 Å². The number of nitrogens with zero attached hydrogens (tertiary/aromatic N) is 1. The van der Waals surface area contributed by atoms with Crippen molar-refractivity contribution in [2.45, 2.75) is 0 Å². The van der Waals surface area contributed by atoms with Crippen molar-refractivity contribution in [2.75, 3.05) is 7.11 Å². The van der Waals surface area contributed by atoms with Crippen LogP contribution >= 0.6 is 27.5 Å². The van der Waals surface area contributed by atoms with E-state index in [1.54, 1.807) is 7.11 Å². The fourth-order valence-corrected chi connectivity index (χ4v) is 2.06. The molecule has 2 rings (SSSR count). The predicted octanol–water partition coefficient (Wildman–Crippen LogP) is 2.99. The Kier molecular flexibility index (Phi) is 2.17. The van der Waals surface area contributed by atoms with Gasteiger partial charge in [0.05, 0.1) is 12.5 Å². The maximum Gasteiger partial charge on any atom is 0.147 e. The lowest BCUT2D eigenvalue weighted by atomic mass is 10.2.